The van der Waals surface area contributed by atoms with Crippen LogP contribution in [0.3, 0.4) is 0 Å². The predicted molar refractivity (Wildman–Crippen MR) is 77.6 cm³/mol. The molecule has 0 aromatic carbocycles. The highest BCUT2D eigenvalue weighted by Gasteiger charge is 2.31. The van der Waals surface area contributed by atoms with E-state index in [4.69, 9.17) is 14.2 Å². The molecule has 0 aliphatic heterocycles. The Balaban J connectivity index is 1.85. The van der Waals surface area contributed by atoms with Gasteiger partial charge >= 0.3 is 0 Å². The fourth-order valence-electron chi connectivity index (χ4n) is 2.74. The molecule has 4 nitrogen and oxygen atoms in total. The Labute approximate surface area is 118 Å². The highest BCUT2D eigenvalue weighted by atomic mass is 16.5. The van der Waals surface area contributed by atoms with Crippen LogP contribution in [0.4, 0.5) is 0 Å². The van der Waals surface area contributed by atoms with Crippen molar-refractivity contribution in [2.24, 2.45) is 5.41 Å². The second-order valence-electron chi connectivity index (χ2n) is 5.45. The molecule has 114 valence electrons. The van der Waals surface area contributed by atoms with Gasteiger partial charge in [-0.3, -0.25) is 0 Å². The second-order valence-corrected chi connectivity index (χ2v) is 5.45. The van der Waals surface area contributed by atoms with Gasteiger partial charge in [0.15, 0.2) is 0 Å². The summed E-state index contributed by atoms with van der Waals surface area (Å²) in [6.45, 7) is 7.82. The molecule has 19 heavy (non-hydrogen) atoms. The molecule has 1 N–H and O–H groups in total. The minimum atomic E-state index is 0.573. The number of methoxy groups -OCH3 is 1. The lowest BCUT2D eigenvalue weighted by atomic mass is 9.83. The molecule has 1 rings (SSSR count). The molecule has 0 unspecified atom stereocenters. The van der Waals surface area contributed by atoms with E-state index in [0.717, 1.165) is 19.7 Å². The third-order valence-corrected chi connectivity index (χ3v) is 4.14. The first-order valence-corrected chi connectivity index (χ1v) is 7.68. The highest BCUT2D eigenvalue weighted by molar-refractivity contribution is 4.85. The maximum Gasteiger partial charge on any atom is 0.0701 e. The number of hydrogen-bond donors (Lipinski definition) is 1. The largest absolute Gasteiger partial charge is 0.382 e. The Morgan fingerprint density at radius 2 is 1.58 bits per heavy atom. The summed E-state index contributed by atoms with van der Waals surface area (Å²) in [4.78, 5) is 0. The van der Waals surface area contributed by atoms with E-state index in [0.29, 0.717) is 31.8 Å². The number of rotatable bonds is 12. The molecule has 4 heteroatoms. The Bertz CT molecular complexity index is 206. The Hall–Kier alpha value is -0.160. The van der Waals surface area contributed by atoms with Crippen LogP contribution >= 0.6 is 0 Å². The second kappa shape index (κ2) is 10.6. The van der Waals surface area contributed by atoms with Crippen LogP contribution in [0, 0.1) is 5.41 Å². The van der Waals surface area contributed by atoms with Gasteiger partial charge in [0, 0.05) is 20.2 Å². The van der Waals surface area contributed by atoms with Crippen LogP contribution in [-0.4, -0.2) is 53.2 Å². The van der Waals surface area contributed by atoms with Crippen LogP contribution in [0.5, 0.6) is 0 Å². The summed E-state index contributed by atoms with van der Waals surface area (Å²) in [6.07, 6.45) is 6.90. The topological polar surface area (TPSA) is 39.7 Å². The van der Waals surface area contributed by atoms with Gasteiger partial charge in [-0.1, -0.05) is 19.8 Å². The molecular formula is C15H31NO3. The molecule has 1 aliphatic rings. The van der Waals surface area contributed by atoms with E-state index in [1.165, 1.54) is 32.1 Å². The van der Waals surface area contributed by atoms with E-state index in [1.807, 2.05) is 0 Å². The van der Waals surface area contributed by atoms with Crippen molar-refractivity contribution >= 4 is 0 Å². The zero-order valence-electron chi connectivity index (χ0n) is 12.7. The van der Waals surface area contributed by atoms with Crippen LogP contribution < -0.4 is 5.32 Å². The molecule has 0 amide bonds. The third kappa shape index (κ3) is 7.25. The van der Waals surface area contributed by atoms with E-state index in [2.05, 4.69) is 12.2 Å². The lowest BCUT2D eigenvalue weighted by Gasteiger charge is -2.27. The smallest absolute Gasteiger partial charge is 0.0701 e. The molecule has 1 aliphatic carbocycles. The van der Waals surface area contributed by atoms with Gasteiger partial charge in [-0.05, 0) is 24.7 Å². The number of hydrogen-bond acceptors (Lipinski definition) is 4. The fourth-order valence-corrected chi connectivity index (χ4v) is 2.74. The lowest BCUT2D eigenvalue weighted by Crippen LogP contribution is -2.33. The lowest BCUT2D eigenvalue weighted by molar-refractivity contribution is 0.0252. The zero-order valence-corrected chi connectivity index (χ0v) is 12.7. The maximum atomic E-state index is 5.52. The summed E-state index contributed by atoms with van der Waals surface area (Å²) in [7, 11) is 1.68. The van der Waals surface area contributed by atoms with E-state index < -0.39 is 0 Å². The van der Waals surface area contributed by atoms with Crippen molar-refractivity contribution in [3.63, 3.8) is 0 Å². The van der Waals surface area contributed by atoms with Crippen LogP contribution in [0.25, 0.3) is 0 Å². The molecule has 0 saturated heterocycles. The van der Waals surface area contributed by atoms with E-state index in [1.54, 1.807) is 7.11 Å². The van der Waals surface area contributed by atoms with Gasteiger partial charge < -0.3 is 19.5 Å². The molecule has 0 atom stereocenters. The Morgan fingerprint density at radius 1 is 0.947 bits per heavy atom. The normalized spacial score (nSPS) is 18.0. The Morgan fingerprint density at radius 3 is 2.21 bits per heavy atom. The van der Waals surface area contributed by atoms with Gasteiger partial charge in [0.1, 0.15) is 0 Å². The third-order valence-electron chi connectivity index (χ3n) is 4.14. The molecule has 0 aromatic rings. The Kier molecular flexibility index (Phi) is 9.43. The summed E-state index contributed by atoms with van der Waals surface area (Å²) in [6, 6.07) is 0. The summed E-state index contributed by atoms with van der Waals surface area (Å²) in [5.74, 6) is 0. The monoisotopic (exact) mass is 273 g/mol. The van der Waals surface area contributed by atoms with Crippen LogP contribution in [0.2, 0.25) is 0 Å². The molecule has 0 bridgehead atoms. The van der Waals surface area contributed by atoms with Gasteiger partial charge in [0.05, 0.1) is 33.0 Å². The number of nitrogens with one attached hydrogen (secondary N) is 1. The van der Waals surface area contributed by atoms with Crippen molar-refractivity contribution in [1.82, 2.24) is 5.32 Å². The zero-order chi connectivity index (χ0) is 13.8. The summed E-state index contributed by atoms with van der Waals surface area (Å²) in [5, 5.41) is 3.54. The summed E-state index contributed by atoms with van der Waals surface area (Å²) < 4.78 is 15.7. The number of ether oxygens (including phenoxy) is 3. The van der Waals surface area contributed by atoms with Crippen molar-refractivity contribution in [2.75, 3.05) is 53.2 Å². The van der Waals surface area contributed by atoms with Crippen molar-refractivity contribution in [3.8, 4) is 0 Å². The molecule has 0 aromatic heterocycles. The molecule has 0 spiro atoms. The van der Waals surface area contributed by atoms with E-state index >= 15 is 0 Å². The van der Waals surface area contributed by atoms with Gasteiger partial charge in [0.25, 0.3) is 0 Å². The fraction of sp³-hybridized carbons (Fsp3) is 1.00. The van der Waals surface area contributed by atoms with Crippen molar-refractivity contribution in [3.05, 3.63) is 0 Å². The average Bonchev–Trinajstić information content (AvgIpc) is 2.90. The maximum absolute atomic E-state index is 5.52. The molecular weight excluding hydrogens is 242 g/mol. The van der Waals surface area contributed by atoms with Crippen LogP contribution in [-0.2, 0) is 14.2 Å². The van der Waals surface area contributed by atoms with Crippen molar-refractivity contribution in [2.45, 2.75) is 39.0 Å². The standard InChI is InChI=1S/C15H31NO3/c1-3-15(6-4-5-7-15)14-16-8-9-18-12-13-19-11-10-17-2/h16H,3-14H2,1-2H3. The van der Waals surface area contributed by atoms with E-state index in [-0.39, 0.29) is 0 Å². The summed E-state index contributed by atoms with van der Waals surface area (Å²) in [5.41, 5.74) is 0.573. The van der Waals surface area contributed by atoms with Crippen molar-refractivity contribution in [1.29, 1.82) is 0 Å². The molecule has 0 heterocycles. The van der Waals surface area contributed by atoms with Crippen LogP contribution in [0.15, 0.2) is 0 Å². The van der Waals surface area contributed by atoms with Crippen LogP contribution in [0.1, 0.15) is 39.0 Å². The van der Waals surface area contributed by atoms with E-state index in [9.17, 15) is 0 Å². The summed E-state index contributed by atoms with van der Waals surface area (Å²) >= 11 is 0. The van der Waals surface area contributed by atoms with Gasteiger partial charge in [-0.25, -0.2) is 0 Å². The average molecular weight is 273 g/mol. The minimum Gasteiger partial charge on any atom is -0.382 e. The van der Waals surface area contributed by atoms with Gasteiger partial charge in [-0.15, -0.1) is 0 Å². The molecule has 0 radical (unpaired) electrons. The first-order chi connectivity index (χ1) is 9.33. The quantitative estimate of drug-likeness (QED) is 0.554. The van der Waals surface area contributed by atoms with Gasteiger partial charge in [0.2, 0.25) is 0 Å². The highest BCUT2D eigenvalue weighted by Crippen LogP contribution is 2.40. The van der Waals surface area contributed by atoms with Gasteiger partial charge in [-0.2, -0.15) is 0 Å². The van der Waals surface area contributed by atoms with Crippen molar-refractivity contribution < 1.29 is 14.2 Å². The molecule has 1 fully saturated rings. The molecule has 1 saturated carbocycles. The SMILES string of the molecule is CCC1(CNCCOCCOCCOC)CCCC1. The first-order valence-electron chi connectivity index (χ1n) is 7.68. The first kappa shape index (κ1) is 16.9. The predicted octanol–water partition coefficient (Wildman–Crippen LogP) is 2.23. The minimum absolute atomic E-state index is 0.573.